The van der Waals surface area contributed by atoms with Gasteiger partial charge in [0.05, 0.1) is 11.6 Å². The zero-order valence-corrected chi connectivity index (χ0v) is 14.8. The van der Waals surface area contributed by atoms with Crippen LogP contribution >= 0.6 is 11.6 Å². The molecule has 0 unspecified atom stereocenters. The van der Waals surface area contributed by atoms with E-state index in [1.165, 1.54) is 12.1 Å². The molecule has 0 radical (unpaired) electrons. The minimum absolute atomic E-state index is 0.0250. The third kappa shape index (κ3) is 2.73. The Hall–Kier alpha value is -2.50. The molecule has 134 valence electrons. The lowest BCUT2D eigenvalue weighted by Gasteiger charge is -2.28. The van der Waals surface area contributed by atoms with Gasteiger partial charge >= 0.3 is 5.97 Å². The van der Waals surface area contributed by atoms with Crippen LogP contribution in [-0.2, 0) is 9.53 Å². The van der Waals surface area contributed by atoms with Crippen molar-refractivity contribution in [3.8, 4) is 0 Å². The van der Waals surface area contributed by atoms with Crippen LogP contribution in [0.5, 0.6) is 0 Å². The van der Waals surface area contributed by atoms with E-state index in [0.717, 1.165) is 0 Å². The number of hydrogen-bond donors (Lipinski definition) is 1. The van der Waals surface area contributed by atoms with Gasteiger partial charge in [0.1, 0.15) is 6.10 Å². The summed E-state index contributed by atoms with van der Waals surface area (Å²) in [5.41, 5.74) is -1.28. The Bertz CT molecular complexity index is 891. The molecule has 2 aromatic rings. The molecule has 0 fully saturated rings. The second-order valence-electron chi connectivity index (χ2n) is 6.09. The Morgan fingerprint density at radius 1 is 1.15 bits per heavy atom. The number of aliphatic hydroxyl groups is 1. The summed E-state index contributed by atoms with van der Waals surface area (Å²) >= 11 is 6.07. The van der Waals surface area contributed by atoms with Crippen LogP contribution in [-0.4, -0.2) is 29.2 Å². The van der Waals surface area contributed by atoms with Crippen molar-refractivity contribution in [3.63, 3.8) is 0 Å². The molecule has 2 aromatic carbocycles. The average Bonchev–Trinajstić information content (AvgIpc) is 2.85. The second-order valence-corrected chi connectivity index (χ2v) is 6.50. The quantitative estimate of drug-likeness (QED) is 0.494. The zero-order chi connectivity index (χ0) is 18.9. The highest BCUT2D eigenvalue weighted by Crippen LogP contribution is 2.49. The third-order valence-electron chi connectivity index (χ3n) is 4.63. The highest BCUT2D eigenvalue weighted by Gasteiger charge is 2.60. The van der Waals surface area contributed by atoms with Gasteiger partial charge in [-0.15, -0.1) is 0 Å². The number of carbonyl (C=O) groups excluding carboxylic acids is 3. The molecule has 0 bridgehead atoms. The highest BCUT2D eigenvalue weighted by atomic mass is 35.5. The van der Waals surface area contributed by atoms with Crippen LogP contribution in [0.25, 0.3) is 0 Å². The molecule has 0 saturated carbocycles. The van der Waals surface area contributed by atoms with Crippen molar-refractivity contribution < 1.29 is 24.2 Å². The summed E-state index contributed by atoms with van der Waals surface area (Å²) in [5.74, 6) is -2.03. The predicted molar refractivity (Wildman–Crippen MR) is 95.2 cm³/mol. The Labute approximate surface area is 155 Å². The molecule has 0 aromatic heterocycles. The number of fused-ring (bicyclic) bond motifs is 1. The molecular weight excluding hydrogens is 356 g/mol. The molecule has 0 saturated heterocycles. The number of rotatable bonds is 5. The molecule has 0 amide bonds. The Kier molecular flexibility index (Phi) is 4.94. The maximum Gasteiger partial charge on any atom is 0.323 e. The first-order valence-corrected chi connectivity index (χ1v) is 8.58. The van der Waals surface area contributed by atoms with E-state index in [1.54, 1.807) is 43.3 Å². The number of ether oxygens (including phenoxy) is 1. The Morgan fingerprint density at radius 2 is 1.81 bits per heavy atom. The number of halogens is 1. The van der Waals surface area contributed by atoms with Crippen LogP contribution in [0, 0.1) is 5.41 Å². The minimum atomic E-state index is -2.00. The molecule has 6 heteroatoms. The fourth-order valence-electron chi connectivity index (χ4n) is 3.32. The first-order chi connectivity index (χ1) is 12.4. The van der Waals surface area contributed by atoms with Crippen molar-refractivity contribution in [2.24, 2.45) is 5.41 Å². The van der Waals surface area contributed by atoms with Crippen LogP contribution in [0.2, 0.25) is 5.02 Å². The van der Waals surface area contributed by atoms with E-state index in [2.05, 4.69) is 0 Å². The van der Waals surface area contributed by atoms with E-state index >= 15 is 0 Å². The van der Waals surface area contributed by atoms with Gasteiger partial charge in [-0.2, -0.15) is 0 Å². The van der Waals surface area contributed by atoms with Crippen molar-refractivity contribution in [2.45, 2.75) is 19.4 Å². The first kappa shape index (κ1) is 18.3. The number of esters is 1. The lowest BCUT2D eigenvalue weighted by atomic mass is 9.76. The summed E-state index contributed by atoms with van der Waals surface area (Å²) < 4.78 is 5.06. The maximum atomic E-state index is 13.1. The fraction of sp³-hybridized carbons (Fsp3) is 0.250. The average molecular weight is 373 g/mol. The zero-order valence-electron chi connectivity index (χ0n) is 14.1. The van der Waals surface area contributed by atoms with Crippen molar-refractivity contribution >= 4 is 29.1 Å². The standard InChI is InChI=1S/C20H17ClO5/c1-2-26-19(25)20(11-16(22)14-9-5-6-10-15(14)21)17(23)12-7-3-4-8-13(12)18(20)24/h3-10,17,23H,2,11H2,1H3/t17-,20-/m0/s1. The maximum absolute atomic E-state index is 13.1. The fourth-order valence-corrected chi connectivity index (χ4v) is 3.56. The smallest absolute Gasteiger partial charge is 0.323 e. The van der Waals surface area contributed by atoms with E-state index < -0.39 is 35.5 Å². The molecule has 1 aliphatic rings. The van der Waals surface area contributed by atoms with Crippen molar-refractivity contribution in [2.75, 3.05) is 6.61 Å². The summed E-state index contributed by atoms with van der Waals surface area (Å²) in [5, 5.41) is 11.0. The molecule has 5 nitrogen and oxygen atoms in total. The SMILES string of the molecule is CCOC(=O)[C@]1(CC(=O)c2ccccc2Cl)C(=O)c2ccccc2[C@@H]1O. The van der Waals surface area contributed by atoms with E-state index in [9.17, 15) is 19.5 Å². The molecule has 1 aliphatic carbocycles. The largest absolute Gasteiger partial charge is 0.465 e. The third-order valence-corrected chi connectivity index (χ3v) is 4.95. The number of Topliss-reactive ketones (excluding diaryl/α,β-unsaturated/α-hetero) is 2. The van der Waals surface area contributed by atoms with Crippen LogP contribution in [0.15, 0.2) is 48.5 Å². The number of carbonyl (C=O) groups is 3. The van der Waals surface area contributed by atoms with Gasteiger partial charge < -0.3 is 9.84 Å². The molecule has 0 aliphatic heterocycles. The van der Waals surface area contributed by atoms with Gasteiger partial charge in [0.15, 0.2) is 17.0 Å². The topological polar surface area (TPSA) is 80.7 Å². The highest BCUT2D eigenvalue weighted by molar-refractivity contribution is 6.34. The van der Waals surface area contributed by atoms with E-state index in [4.69, 9.17) is 16.3 Å². The van der Waals surface area contributed by atoms with Crippen LogP contribution < -0.4 is 0 Å². The van der Waals surface area contributed by atoms with Crippen LogP contribution in [0.4, 0.5) is 0 Å². The van der Waals surface area contributed by atoms with Gasteiger partial charge in [-0.05, 0) is 24.6 Å². The van der Waals surface area contributed by atoms with E-state index in [0.29, 0.717) is 5.56 Å². The predicted octanol–water partition coefficient (Wildman–Crippen LogP) is 3.39. The monoisotopic (exact) mass is 372 g/mol. The summed E-state index contributed by atoms with van der Waals surface area (Å²) in [6, 6.07) is 12.8. The van der Waals surface area contributed by atoms with Gasteiger partial charge in [-0.3, -0.25) is 14.4 Å². The Morgan fingerprint density at radius 3 is 2.46 bits per heavy atom. The molecular formula is C20H17ClO5. The molecule has 26 heavy (non-hydrogen) atoms. The minimum Gasteiger partial charge on any atom is -0.465 e. The van der Waals surface area contributed by atoms with E-state index in [-0.39, 0.29) is 22.8 Å². The van der Waals surface area contributed by atoms with Gasteiger partial charge in [-0.25, -0.2) is 0 Å². The van der Waals surface area contributed by atoms with Gasteiger partial charge in [0.25, 0.3) is 0 Å². The van der Waals surface area contributed by atoms with Crippen molar-refractivity contribution in [3.05, 3.63) is 70.2 Å². The number of ketones is 2. The molecule has 3 rings (SSSR count). The lowest BCUT2D eigenvalue weighted by molar-refractivity contribution is -0.157. The van der Waals surface area contributed by atoms with Gasteiger partial charge in [-0.1, -0.05) is 48.0 Å². The van der Waals surface area contributed by atoms with Crippen LogP contribution in [0.3, 0.4) is 0 Å². The molecule has 0 spiro atoms. The number of hydrogen-bond acceptors (Lipinski definition) is 5. The van der Waals surface area contributed by atoms with Crippen molar-refractivity contribution in [1.29, 1.82) is 0 Å². The number of benzene rings is 2. The van der Waals surface area contributed by atoms with Crippen LogP contribution in [0.1, 0.15) is 45.7 Å². The lowest BCUT2D eigenvalue weighted by Crippen LogP contribution is -2.43. The first-order valence-electron chi connectivity index (χ1n) is 8.20. The summed E-state index contributed by atoms with van der Waals surface area (Å²) in [6.07, 6.45) is -1.98. The molecule has 2 atom stereocenters. The summed E-state index contributed by atoms with van der Waals surface area (Å²) in [4.78, 5) is 38.6. The normalized spacial score (nSPS) is 21.3. The van der Waals surface area contributed by atoms with Crippen molar-refractivity contribution in [1.82, 2.24) is 0 Å². The molecule has 0 heterocycles. The Balaban J connectivity index is 2.08. The van der Waals surface area contributed by atoms with Gasteiger partial charge in [0, 0.05) is 17.5 Å². The number of aliphatic hydroxyl groups excluding tert-OH is 1. The molecule has 1 N–H and O–H groups in total. The second kappa shape index (κ2) is 7.02. The van der Waals surface area contributed by atoms with E-state index in [1.807, 2.05) is 0 Å². The summed E-state index contributed by atoms with van der Waals surface area (Å²) in [6.45, 7) is 1.62. The summed E-state index contributed by atoms with van der Waals surface area (Å²) in [7, 11) is 0. The van der Waals surface area contributed by atoms with Gasteiger partial charge in [0.2, 0.25) is 0 Å².